The minimum absolute atomic E-state index is 0.0354. The predicted octanol–water partition coefficient (Wildman–Crippen LogP) is 3.46. The molecule has 1 aliphatic rings. The zero-order chi connectivity index (χ0) is 23.6. The Labute approximate surface area is 189 Å². The number of aryl methyl sites for hydroxylation is 3. The summed E-state index contributed by atoms with van der Waals surface area (Å²) in [6.45, 7) is 9.48. The number of nitrogens with one attached hydrogen (secondary N) is 2. The molecule has 0 radical (unpaired) electrons. The maximum atomic E-state index is 13.4. The highest BCUT2D eigenvalue weighted by atomic mass is 32.2. The van der Waals surface area contributed by atoms with Crippen LogP contribution in [0.1, 0.15) is 52.6 Å². The number of nitrogens with zero attached hydrogens (tertiary/aromatic N) is 1. The lowest BCUT2D eigenvalue weighted by Crippen LogP contribution is -2.42. The van der Waals surface area contributed by atoms with Gasteiger partial charge < -0.3 is 15.0 Å². The molecule has 1 saturated heterocycles. The molecule has 0 saturated carbocycles. The maximum Gasteiger partial charge on any atom is 0.341 e. The lowest BCUT2D eigenvalue weighted by molar-refractivity contribution is -0.120. The van der Waals surface area contributed by atoms with Crippen molar-refractivity contribution in [2.24, 2.45) is 5.92 Å². The Morgan fingerprint density at radius 3 is 2.41 bits per heavy atom. The molecule has 0 bridgehead atoms. The van der Waals surface area contributed by atoms with Gasteiger partial charge in [0.1, 0.15) is 10.5 Å². The summed E-state index contributed by atoms with van der Waals surface area (Å²) in [5.74, 6) is -1.03. The number of piperidine rings is 1. The minimum atomic E-state index is -3.92. The number of amides is 1. The topological polar surface area (TPSA) is 109 Å². The normalized spacial score (nSPS) is 15.5. The number of sulfonamides is 1. The second-order valence-corrected chi connectivity index (χ2v) is 10.1. The number of aromatic amines is 1. The summed E-state index contributed by atoms with van der Waals surface area (Å²) in [6, 6.07) is 5.76. The molecule has 0 aliphatic carbocycles. The van der Waals surface area contributed by atoms with Crippen molar-refractivity contribution in [3.8, 4) is 0 Å². The average molecular weight is 462 g/mol. The summed E-state index contributed by atoms with van der Waals surface area (Å²) in [6.07, 6.45) is 0.820. The van der Waals surface area contributed by atoms with E-state index in [1.165, 1.54) is 4.31 Å². The standard InChI is InChI=1S/C23H31N3O5S/c1-6-31-23(28)20-16(4)24-17(5)21(20)32(29,30)26-12-10-18(11-13-26)22(27)25-19-9-7-8-14(2)15(19)3/h7-9,18,24H,6,10-13H2,1-5H3,(H,25,27). The molecule has 8 nitrogen and oxygen atoms in total. The molecule has 0 atom stereocenters. The van der Waals surface area contributed by atoms with Crippen molar-refractivity contribution in [2.75, 3.05) is 25.0 Å². The Bertz CT molecular complexity index is 1130. The van der Waals surface area contributed by atoms with E-state index in [4.69, 9.17) is 4.74 Å². The van der Waals surface area contributed by atoms with E-state index in [1.54, 1.807) is 20.8 Å². The van der Waals surface area contributed by atoms with Crippen LogP contribution in [0.2, 0.25) is 0 Å². The van der Waals surface area contributed by atoms with Gasteiger partial charge in [0.15, 0.2) is 0 Å². The second-order valence-electron chi connectivity index (χ2n) is 8.21. The Morgan fingerprint density at radius 2 is 1.78 bits per heavy atom. The number of esters is 1. The highest BCUT2D eigenvalue weighted by Crippen LogP contribution is 2.31. The van der Waals surface area contributed by atoms with Crippen LogP contribution in [0.5, 0.6) is 0 Å². The Hall–Kier alpha value is -2.65. The SMILES string of the molecule is CCOC(=O)c1c(C)[nH]c(C)c1S(=O)(=O)N1CCC(C(=O)Nc2cccc(C)c2C)CC1. The van der Waals surface area contributed by atoms with Crippen molar-refractivity contribution in [2.45, 2.75) is 52.4 Å². The molecule has 174 valence electrons. The molecule has 1 amide bonds. The number of benzene rings is 1. The molecule has 2 heterocycles. The number of rotatable bonds is 6. The van der Waals surface area contributed by atoms with Gasteiger partial charge in [0, 0.05) is 36.1 Å². The molecule has 0 spiro atoms. The van der Waals surface area contributed by atoms with Crippen molar-refractivity contribution >= 4 is 27.6 Å². The molecular weight excluding hydrogens is 430 g/mol. The van der Waals surface area contributed by atoms with E-state index in [0.29, 0.717) is 24.2 Å². The van der Waals surface area contributed by atoms with Gasteiger partial charge in [0.2, 0.25) is 15.9 Å². The first-order valence-electron chi connectivity index (χ1n) is 10.8. The van der Waals surface area contributed by atoms with Crippen LogP contribution in [-0.2, 0) is 19.6 Å². The van der Waals surface area contributed by atoms with Crippen LogP contribution in [0.15, 0.2) is 23.1 Å². The van der Waals surface area contributed by atoms with Crippen LogP contribution in [0.25, 0.3) is 0 Å². The van der Waals surface area contributed by atoms with E-state index in [-0.39, 0.29) is 42.0 Å². The number of anilines is 1. The number of H-pyrrole nitrogens is 1. The van der Waals surface area contributed by atoms with E-state index < -0.39 is 16.0 Å². The number of carbonyl (C=O) groups is 2. The molecule has 1 aromatic carbocycles. The average Bonchev–Trinajstić information content (AvgIpc) is 3.06. The second kappa shape index (κ2) is 9.46. The first kappa shape index (κ1) is 24.0. The molecule has 32 heavy (non-hydrogen) atoms. The van der Waals surface area contributed by atoms with Crippen LogP contribution in [0.3, 0.4) is 0 Å². The zero-order valence-electron chi connectivity index (χ0n) is 19.2. The van der Waals surface area contributed by atoms with E-state index in [1.807, 2.05) is 32.0 Å². The van der Waals surface area contributed by atoms with Gasteiger partial charge in [-0.05, 0) is 64.7 Å². The third-order valence-electron chi connectivity index (χ3n) is 6.08. The largest absolute Gasteiger partial charge is 0.462 e. The lowest BCUT2D eigenvalue weighted by Gasteiger charge is -2.31. The fourth-order valence-electron chi connectivity index (χ4n) is 4.14. The van der Waals surface area contributed by atoms with Gasteiger partial charge in [-0.3, -0.25) is 4.79 Å². The van der Waals surface area contributed by atoms with Gasteiger partial charge in [0.05, 0.1) is 6.61 Å². The highest BCUT2D eigenvalue weighted by Gasteiger charge is 2.37. The van der Waals surface area contributed by atoms with E-state index in [0.717, 1.165) is 16.8 Å². The smallest absolute Gasteiger partial charge is 0.341 e. The van der Waals surface area contributed by atoms with Crippen LogP contribution in [0.4, 0.5) is 5.69 Å². The summed E-state index contributed by atoms with van der Waals surface area (Å²) in [5, 5.41) is 2.98. The first-order valence-corrected chi connectivity index (χ1v) is 12.2. The van der Waals surface area contributed by atoms with Crippen LogP contribution in [0, 0.1) is 33.6 Å². The number of carbonyl (C=O) groups excluding carboxylic acids is 2. The van der Waals surface area contributed by atoms with Gasteiger partial charge in [-0.15, -0.1) is 0 Å². The third-order valence-corrected chi connectivity index (χ3v) is 8.15. The monoisotopic (exact) mass is 461 g/mol. The molecule has 1 aliphatic heterocycles. The Kier molecular flexibility index (Phi) is 7.09. The molecule has 3 rings (SSSR count). The van der Waals surface area contributed by atoms with E-state index in [2.05, 4.69) is 10.3 Å². The summed E-state index contributed by atoms with van der Waals surface area (Å²) >= 11 is 0. The predicted molar refractivity (Wildman–Crippen MR) is 122 cm³/mol. The fraction of sp³-hybridized carbons (Fsp3) is 0.478. The van der Waals surface area contributed by atoms with Gasteiger partial charge in [0.25, 0.3) is 0 Å². The highest BCUT2D eigenvalue weighted by molar-refractivity contribution is 7.89. The molecule has 1 fully saturated rings. The van der Waals surface area contributed by atoms with Crippen molar-refractivity contribution in [1.82, 2.24) is 9.29 Å². The Balaban J connectivity index is 1.74. The van der Waals surface area contributed by atoms with Crippen molar-refractivity contribution in [1.29, 1.82) is 0 Å². The Morgan fingerprint density at radius 1 is 1.12 bits per heavy atom. The van der Waals surface area contributed by atoms with Crippen LogP contribution >= 0.6 is 0 Å². The van der Waals surface area contributed by atoms with Gasteiger partial charge in [-0.25, -0.2) is 13.2 Å². The van der Waals surface area contributed by atoms with Crippen molar-refractivity contribution in [3.63, 3.8) is 0 Å². The molecule has 1 aromatic heterocycles. The zero-order valence-corrected chi connectivity index (χ0v) is 20.1. The number of ether oxygens (including phenoxy) is 1. The molecule has 2 N–H and O–H groups in total. The van der Waals surface area contributed by atoms with Crippen molar-refractivity contribution in [3.05, 3.63) is 46.3 Å². The molecule has 9 heteroatoms. The summed E-state index contributed by atoms with van der Waals surface area (Å²) < 4.78 is 33.2. The van der Waals surface area contributed by atoms with Gasteiger partial charge in [-0.2, -0.15) is 4.31 Å². The van der Waals surface area contributed by atoms with E-state index in [9.17, 15) is 18.0 Å². The fourth-order valence-corrected chi connectivity index (χ4v) is 6.02. The lowest BCUT2D eigenvalue weighted by atomic mass is 9.97. The van der Waals surface area contributed by atoms with E-state index >= 15 is 0 Å². The number of aromatic nitrogens is 1. The third kappa shape index (κ3) is 4.59. The molecule has 2 aromatic rings. The van der Waals surface area contributed by atoms with Crippen molar-refractivity contribution < 1.29 is 22.7 Å². The summed E-state index contributed by atoms with van der Waals surface area (Å²) in [5.41, 5.74) is 3.81. The maximum absolute atomic E-state index is 13.4. The number of hydrogen-bond donors (Lipinski definition) is 2. The molecule has 0 unspecified atom stereocenters. The number of hydrogen-bond acceptors (Lipinski definition) is 5. The quantitative estimate of drug-likeness (QED) is 0.641. The molecular formula is C23H31N3O5S. The van der Waals surface area contributed by atoms with Gasteiger partial charge >= 0.3 is 5.97 Å². The first-order chi connectivity index (χ1) is 15.1. The van der Waals surface area contributed by atoms with Crippen LogP contribution < -0.4 is 5.32 Å². The minimum Gasteiger partial charge on any atom is -0.462 e. The summed E-state index contributed by atoms with van der Waals surface area (Å²) in [4.78, 5) is 28.1. The summed E-state index contributed by atoms with van der Waals surface area (Å²) in [7, 11) is -3.92. The van der Waals surface area contributed by atoms with Crippen LogP contribution in [-0.4, -0.2) is 49.3 Å². The van der Waals surface area contributed by atoms with Gasteiger partial charge in [-0.1, -0.05) is 12.1 Å².